The molecule has 1 saturated heterocycles. The standard InChI is InChI=1S/C3H6BrN2/c4-3-1-5-2-6-3/h1,3,5-6H,2H2. The van der Waals surface area contributed by atoms with Crippen molar-refractivity contribution in [3.8, 4) is 0 Å². The fraction of sp³-hybridized carbons (Fsp3) is 0.667. The van der Waals surface area contributed by atoms with Crippen molar-refractivity contribution in [2.24, 2.45) is 0 Å². The van der Waals surface area contributed by atoms with Gasteiger partial charge < -0.3 is 0 Å². The van der Waals surface area contributed by atoms with E-state index in [2.05, 4.69) is 26.6 Å². The summed E-state index contributed by atoms with van der Waals surface area (Å²) in [6.07, 6.45) is 0. The average molecular weight is 150 g/mol. The highest BCUT2D eigenvalue weighted by molar-refractivity contribution is 9.09. The van der Waals surface area contributed by atoms with Crippen molar-refractivity contribution < 1.29 is 0 Å². The van der Waals surface area contributed by atoms with E-state index in [1.165, 1.54) is 0 Å². The molecule has 0 aromatic carbocycles. The molecule has 3 heteroatoms. The lowest BCUT2D eigenvalue weighted by atomic mass is 10.7. The number of rotatable bonds is 0. The van der Waals surface area contributed by atoms with Crippen molar-refractivity contribution in [1.29, 1.82) is 0 Å². The molecule has 1 atom stereocenters. The van der Waals surface area contributed by atoms with Crippen LogP contribution in [0.3, 0.4) is 0 Å². The normalized spacial score (nSPS) is 34.5. The molecular weight excluding hydrogens is 144 g/mol. The van der Waals surface area contributed by atoms with E-state index in [-0.39, 0.29) is 0 Å². The summed E-state index contributed by atoms with van der Waals surface area (Å²) in [7, 11) is 0. The summed E-state index contributed by atoms with van der Waals surface area (Å²) in [5.41, 5.74) is 0. The fourth-order valence-electron chi connectivity index (χ4n) is 0.378. The van der Waals surface area contributed by atoms with Gasteiger partial charge in [0.15, 0.2) is 0 Å². The van der Waals surface area contributed by atoms with Crippen molar-refractivity contribution in [2.75, 3.05) is 6.67 Å². The molecule has 1 fully saturated rings. The van der Waals surface area contributed by atoms with Gasteiger partial charge in [-0.25, -0.2) is 0 Å². The zero-order valence-corrected chi connectivity index (χ0v) is 4.83. The van der Waals surface area contributed by atoms with Gasteiger partial charge in [-0.2, -0.15) is 0 Å². The summed E-state index contributed by atoms with van der Waals surface area (Å²) in [5.74, 6) is 0. The van der Waals surface area contributed by atoms with Crippen LogP contribution in [0.5, 0.6) is 0 Å². The van der Waals surface area contributed by atoms with Crippen LogP contribution in [0.15, 0.2) is 0 Å². The van der Waals surface area contributed by atoms with Crippen LogP contribution in [0.2, 0.25) is 0 Å². The second-order valence-corrected chi connectivity index (χ2v) is 2.14. The Hall–Kier alpha value is 0.400. The molecule has 6 heavy (non-hydrogen) atoms. The summed E-state index contributed by atoms with van der Waals surface area (Å²) < 4.78 is 0. The Morgan fingerprint density at radius 1 is 1.83 bits per heavy atom. The zero-order chi connectivity index (χ0) is 4.41. The quantitative estimate of drug-likeness (QED) is 0.375. The van der Waals surface area contributed by atoms with Crippen LogP contribution in [0.4, 0.5) is 0 Å². The minimum absolute atomic E-state index is 0.373. The Balaban J connectivity index is 2.18. The minimum atomic E-state index is 0.373. The lowest BCUT2D eigenvalue weighted by Gasteiger charge is -1.90. The van der Waals surface area contributed by atoms with Crippen molar-refractivity contribution in [2.45, 2.75) is 4.95 Å². The highest BCUT2D eigenvalue weighted by Gasteiger charge is 2.06. The molecule has 1 unspecified atom stereocenters. The molecule has 1 aliphatic heterocycles. The first kappa shape index (κ1) is 4.56. The smallest absolute Gasteiger partial charge is 0.0812 e. The SMILES string of the molecule is BrC1[CH]NCN1. The van der Waals surface area contributed by atoms with Gasteiger partial charge >= 0.3 is 0 Å². The molecule has 1 heterocycles. The van der Waals surface area contributed by atoms with Crippen molar-refractivity contribution in [3.05, 3.63) is 6.54 Å². The Morgan fingerprint density at radius 2 is 2.67 bits per heavy atom. The molecule has 35 valence electrons. The maximum atomic E-state index is 3.31. The van der Waals surface area contributed by atoms with Crippen LogP contribution >= 0.6 is 15.9 Å². The predicted octanol–water partition coefficient (Wildman–Crippen LogP) is 0.0195. The van der Waals surface area contributed by atoms with Gasteiger partial charge in [-0.05, 0) is 0 Å². The van der Waals surface area contributed by atoms with Crippen LogP contribution in [-0.4, -0.2) is 11.6 Å². The maximum absolute atomic E-state index is 3.31. The number of halogens is 1. The number of nitrogens with one attached hydrogen (secondary N) is 2. The molecule has 0 aromatic rings. The highest BCUT2D eigenvalue weighted by atomic mass is 79.9. The van der Waals surface area contributed by atoms with Gasteiger partial charge in [-0.1, -0.05) is 15.9 Å². The first-order valence-electron chi connectivity index (χ1n) is 1.84. The molecule has 2 N–H and O–H groups in total. The Labute approximate surface area is 45.4 Å². The van der Waals surface area contributed by atoms with Gasteiger partial charge in [-0.15, -0.1) is 0 Å². The van der Waals surface area contributed by atoms with Gasteiger partial charge in [0.05, 0.1) is 11.5 Å². The Bertz CT molecular complexity index is 42.1. The van der Waals surface area contributed by atoms with Crippen LogP contribution in [-0.2, 0) is 0 Å². The Kier molecular flexibility index (Phi) is 1.45. The Morgan fingerprint density at radius 3 is 2.83 bits per heavy atom. The summed E-state index contributed by atoms with van der Waals surface area (Å²) in [6.45, 7) is 2.84. The highest BCUT2D eigenvalue weighted by Crippen LogP contribution is 1.98. The number of hydrogen-bond donors (Lipinski definition) is 2. The van der Waals surface area contributed by atoms with E-state index in [9.17, 15) is 0 Å². The van der Waals surface area contributed by atoms with E-state index >= 15 is 0 Å². The molecule has 1 aliphatic rings. The molecule has 0 aromatic heterocycles. The molecule has 1 rings (SSSR count). The molecule has 0 amide bonds. The molecule has 2 nitrogen and oxygen atoms in total. The lowest BCUT2D eigenvalue weighted by molar-refractivity contribution is 0.801. The zero-order valence-electron chi connectivity index (χ0n) is 3.24. The van der Waals surface area contributed by atoms with Gasteiger partial charge in [0.1, 0.15) is 0 Å². The van der Waals surface area contributed by atoms with E-state index < -0.39 is 0 Å². The first-order valence-corrected chi connectivity index (χ1v) is 2.75. The van der Waals surface area contributed by atoms with E-state index in [4.69, 9.17) is 0 Å². The van der Waals surface area contributed by atoms with E-state index in [1.807, 2.05) is 6.54 Å². The lowest BCUT2D eigenvalue weighted by Crippen LogP contribution is -2.14. The van der Waals surface area contributed by atoms with Crippen molar-refractivity contribution >= 4 is 15.9 Å². The average Bonchev–Trinajstić information content (AvgIpc) is 1.86. The second kappa shape index (κ2) is 1.91. The molecule has 0 saturated carbocycles. The molecule has 1 radical (unpaired) electrons. The molecule has 0 spiro atoms. The summed E-state index contributed by atoms with van der Waals surface area (Å²) in [4.78, 5) is 0.373. The number of hydrogen-bond acceptors (Lipinski definition) is 2. The van der Waals surface area contributed by atoms with Crippen LogP contribution in [0.1, 0.15) is 0 Å². The summed E-state index contributed by atoms with van der Waals surface area (Å²) >= 11 is 3.31. The largest absolute Gasteiger partial charge is 0.298 e. The van der Waals surface area contributed by atoms with Crippen LogP contribution < -0.4 is 10.6 Å². The topological polar surface area (TPSA) is 24.1 Å². The van der Waals surface area contributed by atoms with E-state index in [0.29, 0.717) is 4.95 Å². The van der Waals surface area contributed by atoms with E-state index in [0.717, 1.165) is 6.67 Å². The van der Waals surface area contributed by atoms with Crippen LogP contribution in [0.25, 0.3) is 0 Å². The van der Waals surface area contributed by atoms with Crippen LogP contribution in [0, 0.1) is 6.54 Å². The minimum Gasteiger partial charge on any atom is -0.298 e. The monoisotopic (exact) mass is 149 g/mol. The molecule has 0 bridgehead atoms. The van der Waals surface area contributed by atoms with E-state index in [1.54, 1.807) is 0 Å². The van der Waals surface area contributed by atoms with Gasteiger partial charge in [0.2, 0.25) is 0 Å². The van der Waals surface area contributed by atoms with Gasteiger partial charge in [0.25, 0.3) is 0 Å². The summed E-state index contributed by atoms with van der Waals surface area (Å²) in [6, 6.07) is 0. The van der Waals surface area contributed by atoms with Crippen molar-refractivity contribution in [3.63, 3.8) is 0 Å². The third-order valence-electron chi connectivity index (χ3n) is 0.663. The molecular formula is C3H6BrN2. The predicted molar refractivity (Wildman–Crippen MR) is 28.2 cm³/mol. The third kappa shape index (κ3) is 0.929. The first-order chi connectivity index (χ1) is 2.89. The van der Waals surface area contributed by atoms with Crippen molar-refractivity contribution in [1.82, 2.24) is 10.6 Å². The maximum Gasteiger partial charge on any atom is 0.0812 e. The third-order valence-corrected chi connectivity index (χ3v) is 1.25. The van der Waals surface area contributed by atoms with Gasteiger partial charge in [-0.3, -0.25) is 10.6 Å². The second-order valence-electron chi connectivity index (χ2n) is 1.15. The summed E-state index contributed by atoms with van der Waals surface area (Å²) in [5, 5.41) is 6.06. The molecule has 0 aliphatic carbocycles. The number of alkyl halides is 1. The fourth-order valence-corrected chi connectivity index (χ4v) is 0.727. The van der Waals surface area contributed by atoms with Gasteiger partial charge in [0, 0.05) is 6.67 Å².